The molecule has 0 atom stereocenters. The Labute approximate surface area is 122 Å². The van der Waals surface area contributed by atoms with Crippen LogP contribution in [-0.4, -0.2) is 17.3 Å². The topological polar surface area (TPSA) is 76.0 Å². The smallest absolute Gasteiger partial charge is 0.152 e. The van der Waals surface area contributed by atoms with Gasteiger partial charge in [0.2, 0.25) is 0 Å². The van der Waals surface area contributed by atoms with Crippen LogP contribution in [0.2, 0.25) is 0 Å². The second kappa shape index (κ2) is 5.58. The van der Waals surface area contributed by atoms with Gasteiger partial charge in [0.1, 0.15) is 5.75 Å². The van der Waals surface area contributed by atoms with Crippen molar-refractivity contribution in [2.24, 2.45) is 0 Å². The zero-order valence-electron chi connectivity index (χ0n) is 11.6. The van der Waals surface area contributed by atoms with Crippen molar-refractivity contribution in [3.05, 3.63) is 54.6 Å². The number of nitrogens with one attached hydrogen (secondary N) is 2. The summed E-state index contributed by atoms with van der Waals surface area (Å²) < 4.78 is 5.15. The number of methoxy groups -OCH3 is 1. The molecular formula is C16H16N4O. The fourth-order valence-electron chi connectivity index (χ4n) is 2.02. The third-order valence-electron chi connectivity index (χ3n) is 3.16. The number of rotatable bonds is 4. The quantitative estimate of drug-likeness (QED) is 0.640. The maximum atomic E-state index is 5.66. The minimum absolute atomic E-state index is 0.737. The molecule has 0 radical (unpaired) electrons. The Bertz CT molecular complexity index is 717. The lowest BCUT2D eigenvalue weighted by Gasteiger charge is -2.02. The predicted octanol–water partition coefficient (Wildman–Crippen LogP) is 3.41. The zero-order chi connectivity index (χ0) is 14.7. The van der Waals surface area contributed by atoms with Crippen molar-refractivity contribution >= 4 is 17.2 Å². The van der Waals surface area contributed by atoms with E-state index in [1.165, 1.54) is 0 Å². The Morgan fingerprint density at radius 2 is 1.76 bits per heavy atom. The molecule has 0 aliphatic heterocycles. The Morgan fingerprint density at radius 1 is 1.05 bits per heavy atom. The highest BCUT2D eigenvalue weighted by atomic mass is 16.5. The van der Waals surface area contributed by atoms with Gasteiger partial charge >= 0.3 is 0 Å². The zero-order valence-corrected chi connectivity index (χ0v) is 11.6. The summed E-state index contributed by atoms with van der Waals surface area (Å²) in [5, 5.41) is 10.5. The fraction of sp³-hybridized carbons (Fsp3) is 0.0625. The summed E-state index contributed by atoms with van der Waals surface area (Å²) in [4.78, 5) is 0. The number of aromatic amines is 1. The van der Waals surface area contributed by atoms with Crippen molar-refractivity contribution in [3.8, 4) is 17.0 Å². The largest absolute Gasteiger partial charge is 0.497 e. The van der Waals surface area contributed by atoms with E-state index in [9.17, 15) is 0 Å². The second-order valence-corrected chi connectivity index (χ2v) is 4.64. The van der Waals surface area contributed by atoms with E-state index >= 15 is 0 Å². The number of hydrogen-bond acceptors (Lipinski definition) is 4. The molecule has 5 nitrogen and oxygen atoms in total. The van der Waals surface area contributed by atoms with E-state index in [1.807, 2.05) is 54.6 Å². The third kappa shape index (κ3) is 2.97. The van der Waals surface area contributed by atoms with Crippen molar-refractivity contribution in [2.45, 2.75) is 0 Å². The summed E-state index contributed by atoms with van der Waals surface area (Å²) in [5.74, 6) is 1.59. The molecule has 0 saturated heterocycles. The summed E-state index contributed by atoms with van der Waals surface area (Å²) in [6, 6.07) is 17.3. The van der Waals surface area contributed by atoms with Gasteiger partial charge in [0.25, 0.3) is 0 Å². The molecule has 0 aliphatic rings. The molecule has 5 heteroatoms. The number of aromatic nitrogens is 2. The normalized spacial score (nSPS) is 10.3. The molecule has 0 spiro atoms. The van der Waals surface area contributed by atoms with Gasteiger partial charge in [-0.05, 0) is 54.1 Å². The van der Waals surface area contributed by atoms with Crippen molar-refractivity contribution in [2.75, 3.05) is 18.2 Å². The number of ether oxygens (including phenoxy) is 1. The highest BCUT2D eigenvalue weighted by Gasteiger charge is 2.04. The van der Waals surface area contributed by atoms with Crippen LogP contribution in [0.3, 0.4) is 0 Å². The number of nitrogens with zero attached hydrogens (tertiary/aromatic N) is 1. The van der Waals surface area contributed by atoms with Crippen molar-refractivity contribution in [1.82, 2.24) is 10.2 Å². The number of nitrogens with two attached hydrogens (primary N) is 1. The summed E-state index contributed by atoms with van der Waals surface area (Å²) in [6.07, 6.45) is 0. The van der Waals surface area contributed by atoms with Gasteiger partial charge < -0.3 is 15.8 Å². The second-order valence-electron chi connectivity index (χ2n) is 4.64. The standard InChI is InChI=1S/C16H16N4O/c1-21-14-8-2-11(3-9-14)15-10-16(20-19-15)18-13-6-4-12(17)5-7-13/h2-10H,17H2,1H3,(H2,18,19,20). The van der Waals surface area contributed by atoms with Gasteiger partial charge in [-0.15, -0.1) is 0 Å². The van der Waals surface area contributed by atoms with Crippen molar-refractivity contribution < 1.29 is 4.74 Å². The van der Waals surface area contributed by atoms with Crippen LogP contribution in [0.4, 0.5) is 17.2 Å². The summed E-state index contributed by atoms with van der Waals surface area (Å²) in [7, 11) is 1.65. The first-order valence-electron chi connectivity index (χ1n) is 6.57. The minimum atomic E-state index is 0.737. The highest BCUT2D eigenvalue weighted by Crippen LogP contribution is 2.24. The molecule has 0 amide bonds. The first-order valence-corrected chi connectivity index (χ1v) is 6.57. The number of H-pyrrole nitrogens is 1. The number of hydrogen-bond donors (Lipinski definition) is 3. The Morgan fingerprint density at radius 3 is 2.43 bits per heavy atom. The van der Waals surface area contributed by atoms with Crippen LogP contribution in [0, 0.1) is 0 Å². The molecule has 3 aromatic rings. The van der Waals surface area contributed by atoms with Crippen LogP contribution in [-0.2, 0) is 0 Å². The molecule has 1 aromatic heterocycles. The van der Waals surface area contributed by atoms with Crippen molar-refractivity contribution in [3.63, 3.8) is 0 Å². The number of anilines is 3. The average Bonchev–Trinajstić information content (AvgIpc) is 2.98. The third-order valence-corrected chi connectivity index (χ3v) is 3.16. The predicted molar refractivity (Wildman–Crippen MR) is 84.7 cm³/mol. The summed E-state index contributed by atoms with van der Waals surface area (Å²) >= 11 is 0. The Balaban J connectivity index is 1.77. The van der Waals surface area contributed by atoms with Crippen LogP contribution in [0.15, 0.2) is 54.6 Å². The van der Waals surface area contributed by atoms with Gasteiger partial charge in [-0.25, -0.2) is 0 Å². The van der Waals surface area contributed by atoms with Crippen LogP contribution in [0.25, 0.3) is 11.3 Å². The van der Waals surface area contributed by atoms with Gasteiger partial charge in [-0.2, -0.15) is 5.10 Å². The lowest BCUT2D eigenvalue weighted by atomic mass is 10.1. The molecule has 0 aliphatic carbocycles. The van der Waals surface area contributed by atoms with Crippen LogP contribution < -0.4 is 15.8 Å². The summed E-state index contributed by atoms with van der Waals surface area (Å²) in [6.45, 7) is 0. The molecule has 4 N–H and O–H groups in total. The van der Waals surface area contributed by atoms with E-state index in [0.717, 1.165) is 34.2 Å². The molecular weight excluding hydrogens is 264 g/mol. The molecule has 0 unspecified atom stereocenters. The molecule has 0 bridgehead atoms. The average molecular weight is 280 g/mol. The molecule has 21 heavy (non-hydrogen) atoms. The molecule has 0 saturated carbocycles. The van der Waals surface area contributed by atoms with Crippen LogP contribution in [0.1, 0.15) is 0 Å². The monoisotopic (exact) mass is 280 g/mol. The van der Waals surface area contributed by atoms with Gasteiger partial charge in [0, 0.05) is 17.4 Å². The Hall–Kier alpha value is -2.95. The SMILES string of the molecule is COc1ccc(-c2cc(Nc3ccc(N)cc3)n[nH]2)cc1. The van der Waals surface area contributed by atoms with E-state index in [0.29, 0.717) is 0 Å². The van der Waals surface area contributed by atoms with Gasteiger partial charge in [-0.1, -0.05) is 0 Å². The van der Waals surface area contributed by atoms with Gasteiger partial charge in [0.05, 0.1) is 12.8 Å². The summed E-state index contributed by atoms with van der Waals surface area (Å²) in [5.41, 5.74) is 9.33. The van der Waals surface area contributed by atoms with E-state index in [1.54, 1.807) is 7.11 Å². The van der Waals surface area contributed by atoms with Crippen LogP contribution in [0.5, 0.6) is 5.75 Å². The number of benzene rings is 2. The maximum Gasteiger partial charge on any atom is 0.152 e. The lowest BCUT2D eigenvalue weighted by molar-refractivity contribution is 0.415. The number of nitrogen functional groups attached to an aromatic ring is 1. The molecule has 2 aromatic carbocycles. The maximum absolute atomic E-state index is 5.66. The molecule has 1 heterocycles. The first kappa shape index (κ1) is 13.1. The van der Waals surface area contributed by atoms with E-state index in [2.05, 4.69) is 15.5 Å². The van der Waals surface area contributed by atoms with E-state index in [-0.39, 0.29) is 0 Å². The lowest BCUT2D eigenvalue weighted by Crippen LogP contribution is -1.91. The van der Waals surface area contributed by atoms with Gasteiger partial charge in [-0.3, -0.25) is 5.10 Å². The van der Waals surface area contributed by atoms with Crippen molar-refractivity contribution in [1.29, 1.82) is 0 Å². The molecule has 0 fully saturated rings. The molecule has 106 valence electrons. The Kier molecular flexibility index (Phi) is 3.47. The minimum Gasteiger partial charge on any atom is -0.497 e. The van der Waals surface area contributed by atoms with E-state index < -0.39 is 0 Å². The van der Waals surface area contributed by atoms with E-state index in [4.69, 9.17) is 10.5 Å². The fourth-order valence-corrected chi connectivity index (χ4v) is 2.02. The van der Waals surface area contributed by atoms with Gasteiger partial charge in [0.15, 0.2) is 5.82 Å². The first-order chi connectivity index (χ1) is 10.2. The molecule has 3 rings (SSSR count). The highest BCUT2D eigenvalue weighted by molar-refractivity contribution is 5.67. The van der Waals surface area contributed by atoms with Crippen LogP contribution >= 0.6 is 0 Å².